The second-order valence-corrected chi connectivity index (χ2v) is 8.35. The van der Waals surface area contributed by atoms with Gasteiger partial charge in [-0.05, 0) is 17.8 Å². The van der Waals surface area contributed by atoms with Crippen molar-refractivity contribution in [2.24, 2.45) is 16.7 Å². The van der Waals surface area contributed by atoms with E-state index in [4.69, 9.17) is 0 Å². The molecule has 3 amide bonds. The molecule has 1 saturated heterocycles. The number of hydrogen-bond donors (Lipinski definition) is 1. The van der Waals surface area contributed by atoms with E-state index in [1.807, 2.05) is 41.5 Å². The summed E-state index contributed by atoms with van der Waals surface area (Å²) >= 11 is 0. The van der Waals surface area contributed by atoms with Crippen molar-refractivity contribution < 1.29 is 14.4 Å². The van der Waals surface area contributed by atoms with Crippen LogP contribution in [0.3, 0.4) is 0 Å². The normalized spacial score (nSPS) is 24.2. The molecule has 0 bridgehead atoms. The Labute approximate surface area is 133 Å². The van der Waals surface area contributed by atoms with E-state index in [0.29, 0.717) is 6.42 Å². The lowest BCUT2D eigenvalue weighted by Crippen LogP contribution is -2.54. The molecule has 0 aromatic carbocycles. The van der Waals surface area contributed by atoms with Crippen LogP contribution in [0, 0.1) is 16.7 Å². The summed E-state index contributed by atoms with van der Waals surface area (Å²) in [5, 5.41) is 2.95. The molecular formula is C17H30N2O3. The first-order valence-corrected chi connectivity index (χ1v) is 7.98. The van der Waals surface area contributed by atoms with Crippen LogP contribution < -0.4 is 5.32 Å². The third-order valence-corrected chi connectivity index (χ3v) is 4.35. The molecule has 0 aliphatic carbocycles. The summed E-state index contributed by atoms with van der Waals surface area (Å²) in [5.74, 6) is -1.31. The fraction of sp³-hybridized carbons (Fsp3) is 0.824. The van der Waals surface area contributed by atoms with Gasteiger partial charge in [-0.3, -0.25) is 14.5 Å². The summed E-state index contributed by atoms with van der Waals surface area (Å²) in [6.45, 7) is 15.5. The molecule has 1 fully saturated rings. The van der Waals surface area contributed by atoms with Crippen LogP contribution in [-0.4, -0.2) is 34.7 Å². The van der Waals surface area contributed by atoms with Gasteiger partial charge in [0.1, 0.15) is 5.78 Å². The Kier molecular flexibility index (Phi) is 5.10. The predicted octanol–water partition coefficient (Wildman–Crippen LogP) is 2.98. The van der Waals surface area contributed by atoms with Gasteiger partial charge in [-0.2, -0.15) is 0 Å². The fourth-order valence-electron chi connectivity index (χ4n) is 3.02. The number of carbonyl (C=O) groups is 3. The third kappa shape index (κ3) is 3.50. The van der Waals surface area contributed by atoms with E-state index in [2.05, 4.69) is 5.32 Å². The molecule has 0 saturated carbocycles. The number of Topliss-reactive ketones (excluding diaryl/α,β-unsaturated/α-hetero) is 1. The average molecular weight is 310 g/mol. The monoisotopic (exact) mass is 310 g/mol. The van der Waals surface area contributed by atoms with Gasteiger partial charge in [0.25, 0.3) is 0 Å². The number of rotatable bonds is 3. The molecule has 3 atom stereocenters. The first-order chi connectivity index (χ1) is 9.82. The maximum atomic E-state index is 12.7. The molecular weight excluding hydrogens is 280 g/mol. The molecule has 0 spiro atoms. The number of hydrogen-bond acceptors (Lipinski definition) is 3. The van der Waals surface area contributed by atoms with Gasteiger partial charge in [0.2, 0.25) is 5.91 Å². The lowest BCUT2D eigenvalue weighted by molar-refractivity contribution is -0.140. The molecule has 5 nitrogen and oxygen atoms in total. The number of nitrogens with zero attached hydrogens (tertiary/aromatic N) is 1. The van der Waals surface area contributed by atoms with Crippen molar-refractivity contribution >= 4 is 17.7 Å². The smallest absolute Gasteiger partial charge is 0.324 e. The van der Waals surface area contributed by atoms with E-state index >= 15 is 0 Å². The molecule has 1 heterocycles. The highest BCUT2D eigenvalue weighted by atomic mass is 16.2. The zero-order chi connectivity index (χ0) is 17.5. The SMILES string of the molecule is CCC(=O)C(C)C(=O)N1C(=O)N[C@@H](C(C)(C)C)[C@@H]1C(C)(C)C. The number of urea groups is 1. The summed E-state index contributed by atoms with van der Waals surface area (Å²) in [7, 11) is 0. The van der Waals surface area contributed by atoms with Crippen LogP contribution in [0.2, 0.25) is 0 Å². The van der Waals surface area contributed by atoms with Gasteiger partial charge in [0.15, 0.2) is 0 Å². The molecule has 126 valence electrons. The lowest BCUT2D eigenvalue weighted by atomic mass is 9.73. The van der Waals surface area contributed by atoms with Crippen LogP contribution in [0.1, 0.15) is 61.8 Å². The van der Waals surface area contributed by atoms with Gasteiger partial charge in [-0.25, -0.2) is 4.79 Å². The minimum absolute atomic E-state index is 0.135. The van der Waals surface area contributed by atoms with Crippen LogP contribution >= 0.6 is 0 Å². The molecule has 0 aromatic heterocycles. The zero-order valence-electron chi connectivity index (χ0n) is 15.1. The van der Waals surface area contributed by atoms with E-state index in [1.165, 1.54) is 4.90 Å². The molecule has 1 aliphatic rings. The number of ketones is 1. The van der Waals surface area contributed by atoms with E-state index < -0.39 is 11.8 Å². The third-order valence-electron chi connectivity index (χ3n) is 4.35. The van der Waals surface area contributed by atoms with Crippen molar-refractivity contribution in [2.45, 2.75) is 73.9 Å². The van der Waals surface area contributed by atoms with Gasteiger partial charge in [-0.15, -0.1) is 0 Å². The van der Waals surface area contributed by atoms with Crippen LogP contribution in [0.15, 0.2) is 0 Å². The largest absolute Gasteiger partial charge is 0.332 e. The molecule has 1 aliphatic heterocycles. The van der Waals surface area contributed by atoms with Crippen molar-refractivity contribution in [1.82, 2.24) is 10.2 Å². The Morgan fingerprint density at radius 3 is 2.00 bits per heavy atom. The Balaban J connectivity index is 3.24. The maximum absolute atomic E-state index is 12.7. The molecule has 1 N–H and O–H groups in total. The highest BCUT2D eigenvalue weighted by Crippen LogP contribution is 2.38. The maximum Gasteiger partial charge on any atom is 0.324 e. The Morgan fingerprint density at radius 2 is 1.64 bits per heavy atom. The van der Waals surface area contributed by atoms with Crippen molar-refractivity contribution in [1.29, 1.82) is 0 Å². The van der Waals surface area contributed by atoms with Crippen molar-refractivity contribution in [3.63, 3.8) is 0 Å². The van der Waals surface area contributed by atoms with Gasteiger partial charge < -0.3 is 5.32 Å². The fourth-order valence-corrected chi connectivity index (χ4v) is 3.02. The second kappa shape index (κ2) is 6.01. The minimum Gasteiger partial charge on any atom is -0.332 e. The Hall–Kier alpha value is -1.39. The predicted molar refractivity (Wildman–Crippen MR) is 86.3 cm³/mol. The first kappa shape index (κ1) is 18.7. The molecule has 5 heteroatoms. The first-order valence-electron chi connectivity index (χ1n) is 7.98. The molecule has 1 rings (SSSR count). The summed E-state index contributed by atoms with van der Waals surface area (Å²) in [5.41, 5.74) is -0.456. The van der Waals surface area contributed by atoms with Gasteiger partial charge >= 0.3 is 6.03 Å². The highest BCUT2D eigenvalue weighted by Gasteiger charge is 2.53. The van der Waals surface area contributed by atoms with Crippen molar-refractivity contribution in [2.75, 3.05) is 0 Å². The topological polar surface area (TPSA) is 66.5 Å². The van der Waals surface area contributed by atoms with E-state index in [0.717, 1.165) is 0 Å². The lowest BCUT2D eigenvalue weighted by Gasteiger charge is -2.41. The Bertz CT molecular complexity index is 471. The summed E-state index contributed by atoms with van der Waals surface area (Å²) in [6.07, 6.45) is 0.297. The van der Waals surface area contributed by atoms with Gasteiger partial charge in [0, 0.05) is 6.42 Å². The van der Waals surface area contributed by atoms with E-state index in [1.54, 1.807) is 13.8 Å². The minimum atomic E-state index is -0.778. The molecule has 22 heavy (non-hydrogen) atoms. The number of amides is 3. The molecule has 0 aromatic rings. The number of nitrogens with one attached hydrogen (secondary N) is 1. The Morgan fingerprint density at radius 1 is 1.14 bits per heavy atom. The highest BCUT2D eigenvalue weighted by molar-refractivity contribution is 6.07. The summed E-state index contributed by atoms with van der Waals surface area (Å²) in [6, 6.07) is -0.812. The van der Waals surface area contributed by atoms with E-state index in [-0.39, 0.29) is 34.7 Å². The number of carbonyl (C=O) groups excluding carboxylic acids is 3. The quantitative estimate of drug-likeness (QED) is 0.815. The standard InChI is InChI=1S/C17H30N2O3/c1-9-11(20)10(2)14(21)19-13(17(6,7)8)12(16(3,4)5)18-15(19)22/h10,12-13H,9H2,1-8H3,(H,18,22)/t10?,12-,13-/m1/s1. The van der Waals surface area contributed by atoms with E-state index in [9.17, 15) is 14.4 Å². The second-order valence-electron chi connectivity index (χ2n) is 8.35. The molecule has 0 radical (unpaired) electrons. The van der Waals surface area contributed by atoms with Crippen LogP contribution in [0.5, 0.6) is 0 Å². The number of imide groups is 1. The van der Waals surface area contributed by atoms with Crippen LogP contribution in [0.4, 0.5) is 4.79 Å². The van der Waals surface area contributed by atoms with Gasteiger partial charge in [-0.1, -0.05) is 48.5 Å². The van der Waals surface area contributed by atoms with Crippen molar-refractivity contribution in [3.05, 3.63) is 0 Å². The summed E-state index contributed by atoms with van der Waals surface area (Å²) < 4.78 is 0. The average Bonchev–Trinajstić information content (AvgIpc) is 2.73. The summed E-state index contributed by atoms with van der Waals surface area (Å²) in [4.78, 5) is 38.3. The van der Waals surface area contributed by atoms with Crippen LogP contribution in [0.25, 0.3) is 0 Å². The van der Waals surface area contributed by atoms with Crippen molar-refractivity contribution in [3.8, 4) is 0 Å². The van der Waals surface area contributed by atoms with Gasteiger partial charge in [0.05, 0.1) is 18.0 Å². The molecule has 1 unspecified atom stereocenters. The zero-order valence-corrected chi connectivity index (χ0v) is 15.1. The van der Waals surface area contributed by atoms with Crippen LogP contribution in [-0.2, 0) is 9.59 Å².